The highest BCUT2D eigenvalue weighted by atomic mass is 127. The van der Waals surface area contributed by atoms with Crippen molar-refractivity contribution in [3.63, 3.8) is 0 Å². The van der Waals surface area contributed by atoms with Gasteiger partial charge in [-0.05, 0) is 49.8 Å². The van der Waals surface area contributed by atoms with Crippen molar-refractivity contribution < 1.29 is 4.74 Å². The van der Waals surface area contributed by atoms with Gasteiger partial charge in [0.05, 0.1) is 28.2 Å². The lowest BCUT2D eigenvalue weighted by atomic mass is 10.3. The van der Waals surface area contributed by atoms with Crippen LogP contribution in [-0.2, 0) is 11.3 Å². The molecule has 0 saturated heterocycles. The van der Waals surface area contributed by atoms with Crippen LogP contribution < -0.4 is 0 Å². The average molecular weight is 322 g/mol. The lowest BCUT2D eigenvalue weighted by molar-refractivity contribution is 0.0457. The fourth-order valence-corrected chi connectivity index (χ4v) is 1.81. The van der Waals surface area contributed by atoms with Crippen molar-refractivity contribution in [3.8, 4) is 0 Å². The van der Waals surface area contributed by atoms with Gasteiger partial charge in [0.25, 0.3) is 0 Å². The minimum atomic E-state index is 0.316. The fraction of sp³-hybridized carbons (Fsp3) is 0.727. The molecule has 1 atom stereocenters. The van der Waals surface area contributed by atoms with Crippen LogP contribution in [0.15, 0.2) is 6.20 Å². The summed E-state index contributed by atoms with van der Waals surface area (Å²) in [6, 6.07) is 0.393. The molecule has 0 fully saturated rings. The molecule has 1 aromatic heterocycles. The molecule has 1 aromatic rings. The molecule has 0 N–H and O–H groups in total. The molecule has 1 rings (SSSR count). The van der Waals surface area contributed by atoms with Crippen molar-refractivity contribution in [2.75, 3.05) is 0 Å². The summed E-state index contributed by atoms with van der Waals surface area (Å²) in [5, 5.41) is 4.35. The lowest BCUT2D eigenvalue weighted by Gasteiger charge is -2.14. The first-order chi connectivity index (χ1) is 7.06. The third-order valence-electron chi connectivity index (χ3n) is 2.42. The van der Waals surface area contributed by atoms with E-state index in [0.717, 1.165) is 6.42 Å². The van der Waals surface area contributed by atoms with Crippen molar-refractivity contribution >= 4 is 22.6 Å². The van der Waals surface area contributed by atoms with Gasteiger partial charge in [0.1, 0.15) is 0 Å². The zero-order chi connectivity index (χ0) is 11.4. The highest BCUT2D eigenvalue weighted by Gasteiger charge is 2.12. The van der Waals surface area contributed by atoms with Crippen LogP contribution >= 0.6 is 22.6 Å². The summed E-state index contributed by atoms with van der Waals surface area (Å²) in [6.07, 6.45) is 3.26. The van der Waals surface area contributed by atoms with Crippen molar-refractivity contribution in [3.05, 3.63) is 15.5 Å². The molecule has 0 saturated carbocycles. The Labute approximate surface area is 105 Å². The van der Waals surface area contributed by atoms with E-state index < -0.39 is 0 Å². The van der Waals surface area contributed by atoms with Gasteiger partial charge in [-0.3, -0.25) is 4.68 Å². The topological polar surface area (TPSA) is 27.1 Å². The third kappa shape index (κ3) is 3.45. The van der Waals surface area contributed by atoms with Crippen LogP contribution in [0.3, 0.4) is 0 Å². The number of nitrogens with zero attached hydrogens (tertiary/aromatic N) is 2. The van der Waals surface area contributed by atoms with Crippen molar-refractivity contribution in [1.29, 1.82) is 0 Å². The van der Waals surface area contributed by atoms with Gasteiger partial charge in [0.2, 0.25) is 0 Å². The molecule has 3 nitrogen and oxygen atoms in total. The van der Waals surface area contributed by atoms with E-state index in [1.165, 1.54) is 9.26 Å². The highest BCUT2D eigenvalue weighted by Crippen LogP contribution is 2.17. The van der Waals surface area contributed by atoms with E-state index in [0.29, 0.717) is 18.8 Å². The molecule has 15 heavy (non-hydrogen) atoms. The summed E-state index contributed by atoms with van der Waals surface area (Å²) in [4.78, 5) is 0. The molecule has 0 aliphatic heterocycles. The molecule has 0 bridgehead atoms. The number of ether oxygens (including phenoxy) is 1. The van der Waals surface area contributed by atoms with Gasteiger partial charge in [-0.25, -0.2) is 0 Å². The molecule has 0 aromatic carbocycles. The van der Waals surface area contributed by atoms with Gasteiger partial charge in [-0.15, -0.1) is 0 Å². The molecule has 0 radical (unpaired) electrons. The number of aromatic nitrogens is 2. The second-order valence-corrected chi connectivity index (χ2v) is 5.17. The van der Waals surface area contributed by atoms with E-state index in [1.807, 2.05) is 10.9 Å². The van der Waals surface area contributed by atoms with Crippen molar-refractivity contribution in [1.82, 2.24) is 9.78 Å². The summed E-state index contributed by atoms with van der Waals surface area (Å²) in [5.41, 5.74) is 1.19. The summed E-state index contributed by atoms with van der Waals surface area (Å²) < 4.78 is 8.96. The van der Waals surface area contributed by atoms with Gasteiger partial charge in [0, 0.05) is 6.04 Å². The smallest absolute Gasteiger partial charge is 0.0899 e. The first kappa shape index (κ1) is 13.0. The summed E-state index contributed by atoms with van der Waals surface area (Å²) in [5.74, 6) is 0. The van der Waals surface area contributed by atoms with E-state index >= 15 is 0 Å². The number of halogens is 1. The van der Waals surface area contributed by atoms with E-state index in [-0.39, 0.29) is 0 Å². The Kier molecular flexibility index (Phi) is 5.05. The molecule has 1 heterocycles. The van der Waals surface area contributed by atoms with Crippen LogP contribution in [-0.4, -0.2) is 15.9 Å². The van der Waals surface area contributed by atoms with Gasteiger partial charge in [0.15, 0.2) is 0 Å². The SMILES string of the molecule is CC[C@H](C)OCc1c(I)cnn1C(C)C. The fourth-order valence-electron chi connectivity index (χ4n) is 1.29. The zero-order valence-corrected chi connectivity index (χ0v) is 12.0. The van der Waals surface area contributed by atoms with Gasteiger partial charge < -0.3 is 4.74 Å². The summed E-state index contributed by atoms with van der Waals surface area (Å²) in [6.45, 7) is 9.16. The van der Waals surface area contributed by atoms with Crippen LogP contribution in [0.2, 0.25) is 0 Å². The van der Waals surface area contributed by atoms with Crippen LogP contribution in [0, 0.1) is 3.57 Å². The van der Waals surface area contributed by atoms with Crippen LogP contribution in [0.25, 0.3) is 0 Å². The summed E-state index contributed by atoms with van der Waals surface area (Å²) in [7, 11) is 0. The van der Waals surface area contributed by atoms with E-state index in [2.05, 4.69) is 55.4 Å². The second kappa shape index (κ2) is 5.84. The molecule has 0 unspecified atom stereocenters. The second-order valence-electron chi connectivity index (χ2n) is 4.01. The molecular weight excluding hydrogens is 303 g/mol. The predicted molar refractivity (Wildman–Crippen MR) is 69.9 cm³/mol. The van der Waals surface area contributed by atoms with Crippen LogP contribution in [0.4, 0.5) is 0 Å². The maximum atomic E-state index is 5.74. The Hall–Kier alpha value is -0.100. The first-order valence-corrected chi connectivity index (χ1v) is 6.47. The molecule has 0 spiro atoms. The molecule has 0 aliphatic carbocycles. The molecule has 86 valence electrons. The van der Waals surface area contributed by atoms with Gasteiger partial charge >= 0.3 is 0 Å². The molecule has 4 heteroatoms. The highest BCUT2D eigenvalue weighted by molar-refractivity contribution is 14.1. The monoisotopic (exact) mass is 322 g/mol. The lowest BCUT2D eigenvalue weighted by Crippen LogP contribution is -2.13. The van der Waals surface area contributed by atoms with Crippen LogP contribution in [0.1, 0.15) is 45.9 Å². The Balaban J connectivity index is 2.70. The van der Waals surface area contributed by atoms with Crippen molar-refractivity contribution in [2.24, 2.45) is 0 Å². The largest absolute Gasteiger partial charge is 0.372 e. The standard InChI is InChI=1S/C11H19IN2O/c1-5-9(4)15-7-11-10(12)6-13-14(11)8(2)3/h6,8-9H,5,7H2,1-4H3/t9-/m0/s1. The van der Waals surface area contributed by atoms with Crippen LogP contribution in [0.5, 0.6) is 0 Å². The predicted octanol–water partition coefficient (Wildman–Crippen LogP) is 3.38. The zero-order valence-electron chi connectivity index (χ0n) is 9.83. The van der Waals surface area contributed by atoms with E-state index in [4.69, 9.17) is 4.74 Å². The minimum Gasteiger partial charge on any atom is -0.372 e. The molecular formula is C11H19IN2O. The van der Waals surface area contributed by atoms with Crippen molar-refractivity contribution in [2.45, 2.75) is 52.9 Å². The van der Waals surface area contributed by atoms with E-state index in [9.17, 15) is 0 Å². The van der Waals surface area contributed by atoms with Gasteiger partial charge in [-0.1, -0.05) is 6.92 Å². The Morgan fingerprint density at radius 3 is 2.67 bits per heavy atom. The van der Waals surface area contributed by atoms with E-state index in [1.54, 1.807) is 0 Å². The number of hydrogen-bond donors (Lipinski definition) is 0. The van der Waals surface area contributed by atoms with Gasteiger partial charge in [-0.2, -0.15) is 5.10 Å². The third-order valence-corrected chi connectivity index (χ3v) is 3.32. The summed E-state index contributed by atoms with van der Waals surface area (Å²) >= 11 is 2.31. The Morgan fingerprint density at radius 1 is 1.47 bits per heavy atom. The molecule has 0 aliphatic rings. The maximum Gasteiger partial charge on any atom is 0.0899 e. The number of rotatable bonds is 5. The molecule has 0 amide bonds. The number of hydrogen-bond acceptors (Lipinski definition) is 2. The maximum absolute atomic E-state index is 5.74. The Morgan fingerprint density at radius 2 is 2.13 bits per heavy atom. The first-order valence-electron chi connectivity index (χ1n) is 5.39. The minimum absolute atomic E-state index is 0.316. The average Bonchev–Trinajstić information content (AvgIpc) is 2.56. The Bertz CT molecular complexity index is 310. The quantitative estimate of drug-likeness (QED) is 0.777. The normalized spacial score (nSPS) is 13.5.